The summed E-state index contributed by atoms with van der Waals surface area (Å²) in [6, 6.07) is 11.1. The third kappa shape index (κ3) is 5.34. The molecule has 3 rings (SSSR count). The van der Waals surface area contributed by atoms with Crippen molar-refractivity contribution in [2.24, 2.45) is 0 Å². The van der Waals surface area contributed by atoms with Gasteiger partial charge < -0.3 is 4.74 Å². The molecule has 1 aliphatic heterocycles. The molecule has 0 amide bonds. The first-order valence-electron chi connectivity index (χ1n) is 10.4. The zero-order valence-electron chi connectivity index (χ0n) is 17.6. The molecule has 0 spiro atoms. The van der Waals surface area contributed by atoms with Gasteiger partial charge >= 0.3 is 5.97 Å². The second kappa shape index (κ2) is 9.94. The molecule has 2 aromatic rings. The van der Waals surface area contributed by atoms with Crippen LogP contribution in [-0.2, 0) is 21.2 Å². The number of halogens is 1. The van der Waals surface area contributed by atoms with Crippen LogP contribution in [0, 0.1) is 0 Å². The van der Waals surface area contributed by atoms with E-state index in [1.165, 1.54) is 29.4 Å². The van der Waals surface area contributed by atoms with Crippen molar-refractivity contribution in [3.63, 3.8) is 0 Å². The summed E-state index contributed by atoms with van der Waals surface area (Å²) in [5.74, 6) is -1.11. The first-order chi connectivity index (χ1) is 14.7. The topological polar surface area (TPSA) is 80.8 Å². The third-order valence-electron chi connectivity index (χ3n) is 5.40. The van der Waals surface area contributed by atoms with Crippen molar-refractivity contribution >= 4 is 33.4 Å². The van der Waals surface area contributed by atoms with Crippen LogP contribution in [0.1, 0.15) is 59.4 Å². The highest BCUT2D eigenvalue weighted by Gasteiger charge is 2.29. The third-order valence-corrected chi connectivity index (χ3v) is 7.78. The second-order valence-corrected chi connectivity index (χ2v) is 9.89. The summed E-state index contributed by atoms with van der Waals surface area (Å²) >= 11 is 6.15. The van der Waals surface area contributed by atoms with Crippen molar-refractivity contribution in [3.05, 3.63) is 64.2 Å². The van der Waals surface area contributed by atoms with Gasteiger partial charge in [-0.1, -0.05) is 49.2 Å². The van der Waals surface area contributed by atoms with Gasteiger partial charge in [0.05, 0.1) is 10.6 Å². The molecule has 1 unspecified atom stereocenters. The molecule has 6 nitrogen and oxygen atoms in total. The van der Waals surface area contributed by atoms with E-state index in [1.807, 2.05) is 19.1 Å². The van der Waals surface area contributed by atoms with Gasteiger partial charge in [-0.3, -0.25) is 4.79 Å². The number of aryl methyl sites for hydroxylation is 1. The molecule has 1 saturated heterocycles. The number of benzene rings is 2. The summed E-state index contributed by atoms with van der Waals surface area (Å²) in [6.45, 7) is 4.37. The number of carbonyl (C=O) groups is 2. The van der Waals surface area contributed by atoms with Crippen LogP contribution < -0.4 is 0 Å². The predicted octanol–water partition coefficient (Wildman–Crippen LogP) is 4.51. The molecular weight excluding hydrogens is 438 g/mol. The highest BCUT2D eigenvalue weighted by molar-refractivity contribution is 7.89. The van der Waals surface area contributed by atoms with Crippen LogP contribution in [0.15, 0.2) is 47.4 Å². The minimum Gasteiger partial charge on any atom is -0.451 e. The monoisotopic (exact) mass is 463 g/mol. The van der Waals surface area contributed by atoms with Crippen LogP contribution in [0.5, 0.6) is 0 Å². The fourth-order valence-electron chi connectivity index (χ4n) is 3.49. The number of esters is 1. The number of hydrogen-bond donors (Lipinski definition) is 0. The van der Waals surface area contributed by atoms with Gasteiger partial charge in [0.2, 0.25) is 15.8 Å². The Labute approximate surface area is 188 Å². The van der Waals surface area contributed by atoms with E-state index in [4.69, 9.17) is 16.3 Å². The number of sulfonamides is 1. The number of piperidine rings is 1. The maximum Gasteiger partial charge on any atom is 0.338 e. The van der Waals surface area contributed by atoms with Crippen molar-refractivity contribution in [3.8, 4) is 0 Å². The Balaban J connectivity index is 1.77. The van der Waals surface area contributed by atoms with Crippen molar-refractivity contribution < 1.29 is 22.7 Å². The molecular formula is C23H26ClNO5S. The van der Waals surface area contributed by atoms with Crippen LogP contribution in [0.3, 0.4) is 0 Å². The summed E-state index contributed by atoms with van der Waals surface area (Å²) in [5.41, 5.74) is 1.58. The quantitative estimate of drug-likeness (QED) is 0.446. The normalized spacial score (nSPS) is 16.0. The maximum absolute atomic E-state index is 13.0. The van der Waals surface area contributed by atoms with E-state index in [1.54, 1.807) is 12.1 Å². The number of hydrogen-bond acceptors (Lipinski definition) is 5. The Kier molecular flexibility index (Phi) is 7.51. The van der Waals surface area contributed by atoms with Gasteiger partial charge in [-0.15, -0.1) is 0 Å². The highest BCUT2D eigenvalue weighted by atomic mass is 35.5. The zero-order valence-corrected chi connectivity index (χ0v) is 19.2. The Morgan fingerprint density at radius 2 is 1.65 bits per heavy atom. The predicted molar refractivity (Wildman–Crippen MR) is 119 cm³/mol. The number of ether oxygens (including phenoxy) is 1. The summed E-state index contributed by atoms with van der Waals surface area (Å²) in [5, 5.41) is 0.0438. The summed E-state index contributed by atoms with van der Waals surface area (Å²) in [4.78, 5) is 25.1. The second-order valence-electron chi connectivity index (χ2n) is 7.57. The highest BCUT2D eigenvalue weighted by Crippen LogP contribution is 2.28. The van der Waals surface area contributed by atoms with E-state index in [2.05, 4.69) is 0 Å². The van der Waals surface area contributed by atoms with Gasteiger partial charge in [0.15, 0.2) is 6.10 Å². The molecule has 1 atom stereocenters. The Bertz CT molecular complexity index is 1060. The molecule has 0 radical (unpaired) electrons. The van der Waals surface area contributed by atoms with Crippen molar-refractivity contribution in [2.45, 2.75) is 50.5 Å². The van der Waals surface area contributed by atoms with E-state index in [0.29, 0.717) is 18.7 Å². The molecule has 31 heavy (non-hydrogen) atoms. The van der Waals surface area contributed by atoms with E-state index < -0.39 is 22.1 Å². The standard InChI is InChI=1S/C23H26ClNO5S/c1-3-17-7-9-18(10-8-17)22(26)16(2)30-23(27)19-11-12-20(24)21(15-19)31(28,29)25-13-5-4-6-14-25/h7-12,15-16H,3-6,13-14H2,1-2H3. The molecule has 1 aliphatic rings. The number of Topliss-reactive ketones (excluding diaryl/α,β-unsaturated/α-hetero) is 1. The van der Waals surface area contributed by atoms with Crippen molar-refractivity contribution in [2.75, 3.05) is 13.1 Å². The summed E-state index contributed by atoms with van der Waals surface area (Å²) < 4.78 is 32.7. The molecule has 0 N–H and O–H groups in total. The van der Waals surface area contributed by atoms with Crippen LogP contribution >= 0.6 is 11.6 Å². The summed E-state index contributed by atoms with van der Waals surface area (Å²) in [7, 11) is -3.82. The van der Waals surface area contributed by atoms with E-state index in [-0.39, 0.29) is 21.3 Å². The van der Waals surface area contributed by atoms with Gasteiger partial charge in [0, 0.05) is 18.7 Å². The zero-order chi connectivity index (χ0) is 22.6. The molecule has 2 aromatic carbocycles. The van der Waals surface area contributed by atoms with Gasteiger partial charge in [0.1, 0.15) is 4.90 Å². The SMILES string of the molecule is CCc1ccc(C(=O)C(C)OC(=O)c2ccc(Cl)c(S(=O)(=O)N3CCCCC3)c2)cc1. The lowest BCUT2D eigenvalue weighted by molar-refractivity contribution is 0.0318. The minimum atomic E-state index is -3.82. The van der Waals surface area contributed by atoms with Gasteiger partial charge in [-0.05, 0) is 49.9 Å². The van der Waals surface area contributed by atoms with Gasteiger partial charge in [-0.2, -0.15) is 4.31 Å². The molecule has 0 aromatic heterocycles. The van der Waals surface area contributed by atoms with Crippen molar-refractivity contribution in [1.82, 2.24) is 4.31 Å². The lowest BCUT2D eigenvalue weighted by Crippen LogP contribution is -2.35. The van der Waals surface area contributed by atoms with Gasteiger partial charge in [-0.25, -0.2) is 13.2 Å². The molecule has 166 valence electrons. The number of carbonyl (C=O) groups excluding carboxylic acids is 2. The fraction of sp³-hybridized carbons (Fsp3) is 0.391. The smallest absolute Gasteiger partial charge is 0.338 e. The van der Waals surface area contributed by atoms with Gasteiger partial charge in [0.25, 0.3) is 0 Å². The largest absolute Gasteiger partial charge is 0.451 e. The molecule has 1 fully saturated rings. The lowest BCUT2D eigenvalue weighted by atomic mass is 10.0. The lowest BCUT2D eigenvalue weighted by Gasteiger charge is -2.26. The fourth-order valence-corrected chi connectivity index (χ4v) is 5.51. The van der Waals surface area contributed by atoms with E-state index in [0.717, 1.165) is 31.2 Å². The van der Waals surface area contributed by atoms with Crippen LogP contribution in [-0.4, -0.2) is 43.7 Å². The summed E-state index contributed by atoms with van der Waals surface area (Å²) in [6.07, 6.45) is 2.41. The van der Waals surface area contributed by atoms with E-state index >= 15 is 0 Å². The number of ketones is 1. The van der Waals surface area contributed by atoms with Crippen LogP contribution in [0.25, 0.3) is 0 Å². The Hall–Kier alpha value is -2.22. The Morgan fingerprint density at radius 3 is 2.26 bits per heavy atom. The number of rotatable bonds is 7. The maximum atomic E-state index is 13.0. The van der Waals surface area contributed by atoms with E-state index in [9.17, 15) is 18.0 Å². The molecule has 1 heterocycles. The Morgan fingerprint density at radius 1 is 1.03 bits per heavy atom. The first kappa shape index (κ1) is 23.4. The first-order valence-corrected chi connectivity index (χ1v) is 12.2. The average molecular weight is 464 g/mol. The average Bonchev–Trinajstić information content (AvgIpc) is 2.79. The van der Waals surface area contributed by atoms with Crippen LogP contribution in [0.4, 0.5) is 0 Å². The van der Waals surface area contributed by atoms with Crippen molar-refractivity contribution in [1.29, 1.82) is 0 Å². The minimum absolute atomic E-state index is 0.0287. The molecule has 0 aliphatic carbocycles. The number of nitrogens with zero attached hydrogens (tertiary/aromatic N) is 1. The molecule has 0 bridgehead atoms. The molecule has 8 heteroatoms. The van der Waals surface area contributed by atoms with Crippen LogP contribution in [0.2, 0.25) is 5.02 Å². The molecule has 0 saturated carbocycles.